The Morgan fingerprint density at radius 2 is 1.97 bits per heavy atom. The van der Waals surface area contributed by atoms with Gasteiger partial charge in [0.15, 0.2) is 11.5 Å². The molecule has 2 aromatic rings. The van der Waals surface area contributed by atoms with Crippen LogP contribution < -0.4 is 19.7 Å². The second kappa shape index (κ2) is 7.14. The van der Waals surface area contributed by atoms with Crippen LogP contribution >= 0.6 is 0 Å². The molecule has 5 heteroatoms. The van der Waals surface area contributed by atoms with Gasteiger partial charge in [0.25, 0.3) is 0 Å². The molecular formula is C24H28N2O3. The summed E-state index contributed by atoms with van der Waals surface area (Å²) in [4.78, 5) is 14.8. The van der Waals surface area contributed by atoms with E-state index in [1.54, 1.807) is 7.11 Å². The molecule has 1 unspecified atom stereocenters. The van der Waals surface area contributed by atoms with E-state index in [4.69, 9.17) is 9.47 Å². The average molecular weight is 392 g/mol. The van der Waals surface area contributed by atoms with Crippen LogP contribution in [0.5, 0.6) is 11.5 Å². The van der Waals surface area contributed by atoms with Crippen LogP contribution in [0.3, 0.4) is 0 Å². The second-order valence-electron chi connectivity index (χ2n) is 8.03. The Bertz CT molecular complexity index is 966. The Hall–Kier alpha value is -2.95. The van der Waals surface area contributed by atoms with E-state index in [1.165, 1.54) is 11.3 Å². The number of anilines is 1. The zero-order chi connectivity index (χ0) is 20.6. The van der Waals surface area contributed by atoms with Gasteiger partial charge in [0, 0.05) is 24.1 Å². The third kappa shape index (κ3) is 2.96. The van der Waals surface area contributed by atoms with E-state index >= 15 is 0 Å². The average Bonchev–Trinajstić information content (AvgIpc) is 2.91. The first-order chi connectivity index (χ1) is 13.9. The van der Waals surface area contributed by atoms with Crippen molar-refractivity contribution >= 4 is 17.7 Å². The standard InChI is InChI=1S/C24H28N2O3/c1-5-29-20-11-10-17(16-21(20)28-4)12-14-24-23(2,3)18-8-6-7-9-19(18)26(24)15-13-22(27)25-24/h6-12,14,16H,5,13,15H2,1-4H3,(H,25,27)/b14-12+. The molecule has 29 heavy (non-hydrogen) atoms. The minimum Gasteiger partial charge on any atom is -0.493 e. The van der Waals surface area contributed by atoms with Crippen molar-refractivity contribution in [1.29, 1.82) is 0 Å². The van der Waals surface area contributed by atoms with E-state index in [2.05, 4.69) is 60.5 Å². The van der Waals surface area contributed by atoms with Gasteiger partial charge in [-0.05, 0) is 42.3 Å². The summed E-state index contributed by atoms with van der Waals surface area (Å²) in [5.41, 5.74) is 2.53. The summed E-state index contributed by atoms with van der Waals surface area (Å²) < 4.78 is 11.1. The Kier molecular flexibility index (Phi) is 4.77. The normalized spacial score (nSPS) is 22.2. The molecule has 0 spiro atoms. The zero-order valence-electron chi connectivity index (χ0n) is 17.5. The van der Waals surface area contributed by atoms with Crippen molar-refractivity contribution in [3.63, 3.8) is 0 Å². The van der Waals surface area contributed by atoms with E-state index in [0.717, 1.165) is 11.3 Å². The van der Waals surface area contributed by atoms with Crippen molar-refractivity contribution < 1.29 is 14.3 Å². The van der Waals surface area contributed by atoms with Crippen LogP contribution in [0.4, 0.5) is 5.69 Å². The van der Waals surface area contributed by atoms with E-state index in [0.29, 0.717) is 25.3 Å². The van der Waals surface area contributed by atoms with Crippen molar-refractivity contribution in [3.8, 4) is 11.5 Å². The van der Waals surface area contributed by atoms with Gasteiger partial charge in [0.2, 0.25) is 5.91 Å². The van der Waals surface area contributed by atoms with E-state index < -0.39 is 5.66 Å². The molecule has 152 valence electrons. The molecule has 2 heterocycles. The Morgan fingerprint density at radius 1 is 1.17 bits per heavy atom. The summed E-state index contributed by atoms with van der Waals surface area (Å²) in [5, 5.41) is 3.30. The van der Waals surface area contributed by atoms with Crippen molar-refractivity contribution in [1.82, 2.24) is 5.32 Å². The summed E-state index contributed by atoms with van der Waals surface area (Å²) in [6, 6.07) is 14.3. The molecule has 5 nitrogen and oxygen atoms in total. The number of benzene rings is 2. The molecule has 2 aliphatic rings. The van der Waals surface area contributed by atoms with Crippen molar-refractivity contribution in [3.05, 3.63) is 59.7 Å². The minimum atomic E-state index is -0.613. The van der Waals surface area contributed by atoms with Crippen LogP contribution in [0.15, 0.2) is 48.5 Å². The van der Waals surface area contributed by atoms with Gasteiger partial charge in [-0.2, -0.15) is 0 Å². The number of hydrogen-bond acceptors (Lipinski definition) is 4. The maximum absolute atomic E-state index is 12.5. The summed E-state index contributed by atoms with van der Waals surface area (Å²) in [6.07, 6.45) is 4.68. The molecule has 1 fully saturated rings. The highest BCUT2D eigenvalue weighted by Gasteiger charge is 2.57. The van der Waals surface area contributed by atoms with Gasteiger partial charge >= 0.3 is 0 Å². The Labute approximate surface area is 172 Å². The summed E-state index contributed by atoms with van der Waals surface area (Å²) in [7, 11) is 1.64. The van der Waals surface area contributed by atoms with Crippen LogP contribution in [0.2, 0.25) is 0 Å². The largest absolute Gasteiger partial charge is 0.493 e. The number of ether oxygens (including phenoxy) is 2. The fraction of sp³-hybridized carbons (Fsp3) is 0.375. The molecule has 2 aliphatic heterocycles. The lowest BCUT2D eigenvalue weighted by Gasteiger charge is -2.49. The summed E-state index contributed by atoms with van der Waals surface area (Å²) in [6.45, 7) is 7.62. The second-order valence-corrected chi connectivity index (χ2v) is 8.03. The first kappa shape index (κ1) is 19.4. The van der Waals surface area contributed by atoms with Gasteiger partial charge in [-0.3, -0.25) is 4.79 Å². The Balaban J connectivity index is 1.77. The molecule has 1 N–H and O–H groups in total. The van der Waals surface area contributed by atoms with Crippen LogP contribution in [0, 0.1) is 0 Å². The molecule has 0 aromatic heterocycles. The number of rotatable bonds is 5. The number of para-hydroxylation sites is 1. The number of amides is 1. The first-order valence-electron chi connectivity index (χ1n) is 10.1. The predicted molar refractivity (Wildman–Crippen MR) is 116 cm³/mol. The Morgan fingerprint density at radius 3 is 2.72 bits per heavy atom. The fourth-order valence-corrected chi connectivity index (χ4v) is 4.60. The molecule has 0 saturated carbocycles. The quantitative estimate of drug-likeness (QED) is 0.832. The lowest BCUT2D eigenvalue weighted by atomic mass is 9.74. The molecule has 0 aliphatic carbocycles. The monoisotopic (exact) mass is 392 g/mol. The number of hydrogen-bond donors (Lipinski definition) is 1. The number of nitrogens with one attached hydrogen (secondary N) is 1. The van der Waals surface area contributed by atoms with E-state index in [1.807, 2.05) is 25.1 Å². The van der Waals surface area contributed by atoms with Gasteiger partial charge in [0.1, 0.15) is 5.66 Å². The number of nitrogens with zero attached hydrogens (tertiary/aromatic N) is 1. The van der Waals surface area contributed by atoms with Crippen molar-refractivity contribution in [2.45, 2.75) is 38.3 Å². The number of carbonyl (C=O) groups excluding carboxylic acids is 1. The highest BCUT2D eigenvalue weighted by atomic mass is 16.5. The fourth-order valence-electron chi connectivity index (χ4n) is 4.60. The van der Waals surface area contributed by atoms with E-state index in [-0.39, 0.29) is 11.3 Å². The number of methoxy groups -OCH3 is 1. The van der Waals surface area contributed by atoms with Gasteiger partial charge in [-0.15, -0.1) is 0 Å². The van der Waals surface area contributed by atoms with Gasteiger partial charge in [-0.25, -0.2) is 0 Å². The minimum absolute atomic E-state index is 0.0797. The van der Waals surface area contributed by atoms with E-state index in [9.17, 15) is 4.79 Å². The van der Waals surface area contributed by atoms with Gasteiger partial charge in [-0.1, -0.05) is 44.2 Å². The van der Waals surface area contributed by atoms with Gasteiger partial charge < -0.3 is 19.7 Å². The molecule has 4 rings (SSSR count). The molecule has 1 amide bonds. The maximum Gasteiger partial charge on any atom is 0.223 e. The van der Waals surface area contributed by atoms with Crippen LogP contribution in [0.25, 0.3) is 6.08 Å². The first-order valence-corrected chi connectivity index (χ1v) is 10.1. The van der Waals surface area contributed by atoms with Crippen LogP contribution in [0.1, 0.15) is 38.3 Å². The van der Waals surface area contributed by atoms with Gasteiger partial charge in [0.05, 0.1) is 13.7 Å². The highest BCUT2D eigenvalue weighted by Crippen LogP contribution is 2.52. The molecule has 1 atom stereocenters. The molecule has 0 radical (unpaired) electrons. The summed E-state index contributed by atoms with van der Waals surface area (Å²) >= 11 is 0. The molecule has 1 saturated heterocycles. The topological polar surface area (TPSA) is 50.8 Å². The van der Waals surface area contributed by atoms with Crippen LogP contribution in [-0.4, -0.2) is 31.8 Å². The summed E-state index contributed by atoms with van der Waals surface area (Å²) in [5.74, 6) is 1.51. The zero-order valence-corrected chi connectivity index (χ0v) is 17.5. The van der Waals surface area contributed by atoms with Crippen molar-refractivity contribution in [2.75, 3.05) is 25.2 Å². The van der Waals surface area contributed by atoms with Crippen LogP contribution in [-0.2, 0) is 10.2 Å². The maximum atomic E-state index is 12.5. The molecular weight excluding hydrogens is 364 g/mol. The molecule has 2 aromatic carbocycles. The third-order valence-corrected chi connectivity index (χ3v) is 6.14. The predicted octanol–water partition coefficient (Wildman–Crippen LogP) is 4.12. The smallest absolute Gasteiger partial charge is 0.223 e. The number of carbonyl (C=O) groups is 1. The highest BCUT2D eigenvalue weighted by molar-refractivity contribution is 5.84. The molecule has 0 bridgehead atoms. The lowest BCUT2D eigenvalue weighted by molar-refractivity contribution is -0.124. The van der Waals surface area contributed by atoms with Crippen molar-refractivity contribution in [2.24, 2.45) is 0 Å². The number of fused-ring (bicyclic) bond motifs is 3. The SMILES string of the molecule is CCOc1ccc(/C=C/C23NC(=O)CCN2c2ccccc2C3(C)C)cc1OC. The lowest BCUT2D eigenvalue weighted by Crippen LogP contribution is -2.68. The third-order valence-electron chi connectivity index (χ3n) is 6.14.